The summed E-state index contributed by atoms with van der Waals surface area (Å²) in [6.07, 6.45) is -0.765. The van der Waals surface area contributed by atoms with Gasteiger partial charge in [0.05, 0.1) is 6.54 Å². The van der Waals surface area contributed by atoms with Gasteiger partial charge in [-0.25, -0.2) is 13.6 Å². The summed E-state index contributed by atoms with van der Waals surface area (Å²) in [5.74, 6) is -1.20. The van der Waals surface area contributed by atoms with Crippen molar-refractivity contribution in [1.82, 2.24) is 10.2 Å². The van der Waals surface area contributed by atoms with E-state index in [1.54, 1.807) is 36.4 Å². The van der Waals surface area contributed by atoms with Crippen LogP contribution in [0.3, 0.4) is 0 Å². The van der Waals surface area contributed by atoms with Gasteiger partial charge in [0.1, 0.15) is 11.6 Å². The summed E-state index contributed by atoms with van der Waals surface area (Å²) in [6, 6.07) is 16.6. The Labute approximate surface area is 219 Å². The second kappa shape index (κ2) is 11.9. The first-order valence-electron chi connectivity index (χ1n) is 12.4. The van der Waals surface area contributed by atoms with E-state index < -0.39 is 35.8 Å². The molecule has 2 atom stereocenters. The number of nitrogens with one attached hydrogen (secondary N) is 2. The van der Waals surface area contributed by atoms with Crippen LogP contribution in [0.4, 0.5) is 19.3 Å². The van der Waals surface area contributed by atoms with Crippen LogP contribution in [0.1, 0.15) is 47.9 Å². The van der Waals surface area contributed by atoms with E-state index in [0.29, 0.717) is 34.8 Å². The molecule has 0 spiro atoms. The lowest BCUT2D eigenvalue weighted by Crippen LogP contribution is -2.46. The van der Waals surface area contributed by atoms with Gasteiger partial charge in [-0.15, -0.1) is 0 Å². The van der Waals surface area contributed by atoms with Gasteiger partial charge >= 0.3 is 6.09 Å². The fourth-order valence-electron chi connectivity index (χ4n) is 4.15. The zero-order valence-electron chi connectivity index (χ0n) is 21.1. The van der Waals surface area contributed by atoms with Crippen molar-refractivity contribution >= 4 is 23.6 Å². The van der Waals surface area contributed by atoms with Gasteiger partial charge in [-0.3, -0.25) is 14.5 Å². The standard InChI is InChI=1S/C29H29F2N3O4/c1-18(2)15-16-32-28(36)25-26(38-29(37)34(25)17-19-3-9-22(30)10-4-19)20-7-13-24(14-8-20)33-27(35)21-5-11-23(31)12-6-21/h3-14,18,25-26H,15-17H2,1-2H3,(H,32,36)(H,33,35)/t25-,26+/m1/s1. The molecule has 2 N–H and O–H groups in total. The summed E-state index contributed by atoms with van der Waals surface area (Å²) < 4.78 is 32.2. The quantitative estimate of drug-likeness (QED) is 0.393. The molecule has 38 heavy (non-hydrogen) atoms. The van der Waals surface area contributed by atoms with Crippen LogP contribution in [0.2, 0.25) is 0 Å². The van der Waals surface area contributed by atoms with Crippen molar-refractivity contribution in [3.8, 4) is 0 Å². The Bertz CT molecular complexity index is 1280. The van der Waals surface area contributed by atoms with Crippen LogP contribution in [-0.4, -0.2) is 35.4 Å². The number of carbonyl (C=O) groups excluding carboxylic acids is 3. The zero-order valence-corrected chi connectivity index (χ0v) is 21.1. The van der Waals surface area contributed by atoms with Gasteiger partial charge in [-0.1, -0.05) is 38.1 Å². The lowest BCUT2D eigenvalue weighted by molar-refractivity contribution is -0.126. The first kappa shape index (κ1) is 26.8. The molecule has 1 saturated heterocycles. The molecular weight excluding hydrogens is 492 g/mol. The first-order valence-corrected chi connectivity index (χ1v) is 12.4. The zero-order chi connectivity index (χ0) is 27.2. The Morgan fingerprint density at radius 3 is 2.13 bits per heavy atom. The number of hydrogen-bond donors (Lipinski definition) is 2. The topological polar surface area (TPSA) is 87.7 Å². The molecule has 1 aliphatic heterocycles. The molecule has 1 aliphatic rings. The summed E-state index contributed by atoms with van der Waals surface area (Å²) in [4.78, 5) is 40.0. The van der Waals surface area contributed by atoms with Crippen molar-refractivity contribution in [2.45, 2.75) is 39.0 Å². The lowest BCUT2D eigenvalue weighted by Gasteiger charge is -2.24. The van der Waals surface area contributed by atoms with Crippen LogP contribution >= 0.6 is 0 Å². The van der Waals surface area contributed by atoms with Crippen LogP contribution in [-0.2, 0) is 16.1 Å². The molecule has 3 amide bonds. The number of ether oxygens (including phenoxy) is 1. The van der Waals surface area contributed by atoms with Crippen LogP contribution in [0.15, 0.2) is 72.8 Å². The number of halogens is 2. The second-order valence-corrected chi connectivity index (χ2v) is 9.56. The van der Waals surface area contributed by atoms with Gasteiger partial charge < -0.3 is 15.4 Å². The minimum atomic E-state index is -0.945. The largest absolute Gasteiger partial charge is 0.438 e. The average Bonchev–Trinajstić information content (AvgIpc) is 3.21. The maximum Gasteiger partial charge on any atom is 0.411 e. The number of nitrogens with zero attached hydrogens (tertiary/aromatic N) is 1. The van der Waals surface area contributed by atoms with Gasteiger partial charge in [0, 0.05) is 17.8 Å². The molecule has 0 aromatic heterocycles. The Balaban J connectivity index is 1.53. The van der Waals surface area contributed by atoms with Gasteiger partial charge in [-0.05, 0) is 72.0 Å². The molecule has 0 aliphatic carbocycles. The molecule has 0 saturated carbocycles. The average molecular weight is 522 g/mol. The highest BCUT2D eigenvalue weighted by Crippen LogP contribution is 2.34. The molecule has 0 unspecified atom stereocenters. The van der Waals surface area contributed by atoms with E-state index >= 15 is 0 Å². The van der Waals surface area contributed by atoms with Crippen molar-refractivity contribution in [1.29, 1.82) is 0 Å². The summed E-state index contributed by atoms with van der Waals surface area (Å²) in [5, 5.41) is 5.64. The fraction of sp³-hybridized carbons (Fsp3) is 0.276. The van der Waals surface area contributed by atoms with Crippen LogP contribution in [0, 0.1) is 17.6 Å². The van der Waals surface area contributed by atoms with Crippen molar-refractivity contribution in [3.05, 3.63) is 101 Å². The molecule has 3 aromatic carbocycles. The predicted molar refractivity (Wildman–Crippen MR) is 138 cm³/mol. The van der Waals surface area contributed by atoms with Crippen molar-refractivity contribution in [3.63, 3.8) is 0 Å². The minimum Gasteiger partial charge on any atom is -0.438 e. The molecule has 4 rings (SSSR count). The van der Waals surface area contributed by atoms with Crippen LogP contribution in [0.5, 0.6) is 0 Å². The van der Waals surface area contributed by atoms with Gasteiger partial charge in [0.15, 0.2) is 12.1 Å². The molecule has 7 nitrogen and oxygen atoms in total. The van der Waals surface area contributed by atoms with E-state index in [9.17, 15) is 23.2 Å². The number of rotatable bonds is 9. The molecule has 0 bridgehead atoms. The van der Waals surface area contributed by atoms with E-state index in [-0.39, 0.29) is 12.5 Å². The normalized spacial score (nSPS) is 16.9. The Hall–Kier alpha value is -4.27. The highest BCUT2D eigenvalue weighted by molar-refractivity contribution is 6.04. The highest BCUT2D eigenvalue weighted by atomic mass is 19.1. The first-order chi connectivity index (χ1) is 18.2. The van der Waals surface area contributed by atoms with Crippen LogP contribution < -0.4 is 10.6 Å². The van der Waals surface area contributed by atoms with E-state index in [4.69, 9.17) is 4.74 Å². The van der Waals surface area contributed by atoms with Crippen molar-refractivity contribution in [2.24, 2.45) is 5.92 Å². The van der Waals surface area contributed by atoms with Crippen molar-refractivity contribution < 1.29 is 27.9 Å². The number of anilines is 1. The van der Waals surface area contributed by atoms with E-state index in [1.807, 2.05) is 0 Å². The summed E-state index contributed by atoms with van der Waals surface area (Å²) >= 11 is 0. The SMILES string of the molecule is CC(C)CCNC(=O)[C@H]1[C@H](c2ccc(NC(=O)c3ccc(F)cc3)cc2)OC(=O)N1Cc1ccc(F)cc1. The molecule has 198 valence electrons. The Kier molecular flexibility index (Phi) is 8.35. The predicted octanol–water partition coefficient (Wildman–Crippen LogP) is 5.44. The Morgan fingerprint density at radius 2 is 1.53 bits per heavy atom. The third-order valence-corrected chi connectivity index (χ3v) is 6.24. The molecule has 9 heteroatoms. The molecule has 1 fully saturated rings. The minimum absolute atomic E-state index is 0.0731. The van der Waals surface area contributed by atoms with Crippen molar-refractivity contribution in [2.75, 3.05) is 11.9 Å². The van der Waals surface area contributed by atoms with E-state index in [0.717, 1.165) is 6.42 Å². The maximum atomic E-state index is 13.4. The third kappa shape index (κ3) is 6.53. The maximum absolute atomic E-state index is 13.4. The summed E-state index contributed by atoms with van der Waals surface area (Å²) in [5.41, 5.74) is 2.01. The molecule has 0 radical (unpaired) electrons. The van der Waals surface area contributed by atoms with Gasteiger partial charge in [0.25, 0.3) is 5.91 Å². The molecular formula is C29H29F2N3O4. The second-order valence-electron chi connectivity index (χ2n) is 9.56. The highest BCUT2D eigenvalue weighted by Gasteiger charge is 2.46. The smallest absolute Gasteiger partial charge is 0.411 e. The van der Waals surface area contributed by atoms with Gasteiger partial charge in [0.2, 0.25) is 5.91 Å². The van der Waals surface area contributed by atoms with E-state index in [1.165, 1.54) is 41.3 Å². The monoisotopic (exact) mass is 521 g/mol. The number of benzene rings is 3. The van der Waals surface area contributed by atoms with E-state index in [2.05, 4.69) is 24.5 Å². The van der Waals surface area contributed by atoms with Crippen LogP contribution in [0.25, 0.3) is 0 Å². The molecule has 3 aromatic rings. The summed E-state index contributed by atoms with van der Waals surface area (Å²) in [7, 11) is 0. The lowest BCUT2D eigenvalue weighted by atomic mass is 10.00. The number of hydrogen-bond acceptors (Lipinski definition) is 4. The number of cyclic esters (lactones) is 1. The number of carbonyl (C=O) groups is 3. The fourth-order valence-corrected chi connectivity index (χ4v) is 4.15. The summed E-state index contributed by atoms with van der Waals surface area (Å²) in [6.45, 7) is 4.62. The third-order valence-electron chi connectivity index (χ3n) is 6.24. The number of amides is 3. The van der Waals surface area contributed by atoms with Gasteiger partial charge in [-0.2, -0.15) is 0 Å². The molecule has 1 heterocycles. The Morgan fingerprint density at radius 1 is 0.921 bits per heavy atom.